The van der Waals surface area contributed by atoms with Crippen LogP contribution in [0.3, 0.4) is 0 Å². The van der Waals surface area contributed by atoms with Gasteiger partial charge >= 0.3 is 5.97 Å². The number of carbonyl (C=O) groups is 1. The Morgan fingerprint density at radius 3 is 2.46 bits per heavy atom. The summed E-state index contributed by atoms with van der Waals surface area (Å²) in [6, 6.07) is 0. The van der Waals surface area contributed by atoms with E-state index in [1.807, 2.05) is 0 Å². The zero-order valence-electron chi connectivity index (χ0n) is 8.50. The third-order valence-electron chi connectivity index (χ3n) is 1.47. The molecule has 0 spiro atoms. The number of hydrogen-bond donors (Lipinski definition) is 1. The van der Waals surface area contributed by atoms with Crippen LogP contribution in [0, 0.1) is 0 Å². The fraction of sp³-hybridized carbons (Fsp3) is 0.889. The molecule has 0 heterocycles. The Labute approximate surface area is 78.8 Å². The molecule has 0 aliphatic heterocycles. The molecule has 0 bridgehead atoms. The van der Waals surface area contributed by atoms with Gasteiger partial charge in [0, 0.05) is 0 Å². The van der Waals surface area contributed by atoms with Crippen molar-refractivity contribution in [1.82, 2.24) is 0 Å². The van der Waals surface area contributed by atoms with Crippen LogP contribution < -0.4 is 0 Å². The van der Waals surface area contributed by atoms with Gasteiger partial charge in [-0.15, -0.1) is 0 Å². The monoisotopic (exact) mass is 190 g/mol. The van der Waals surface area contributed by atoms with E-state index in [0.717, 1.165) is 19.3 Å². The molecule has 0 aromatic heterocycles. The van der Waals surface area contributed by atoms with Crippen molar-refractivity contribution in [3.05, 3.63) is 0 Å². The second-order valence-corrected chi connectivity index (χ2v) is 3.46. The van der Waals surface area contributed by atoms with Crippen LogP contribution in [0.2, 0.25) is 0 Å². The average Bonchev–Trinajstić information content (AvgIpc) is 2.02. The minimum atomic E-state index is -1.48. The largest absolute Gasteiger partial charge is 0.379 e. The Bertz CT molecular complexity index is 148. The molecule has 0 rings (SSSR count). The number of aliphatic hydroxyl groups is 1. The van der Waals surface area contributed by atoms with Gasteiger partial charge in [-0.05, 0) is 20.3 Å². The summed E-state index contributed by atoms with van der Waals surface area (Å²) in [6.07, 6.45) is 2.98. The minimum Gasteiger partial charge on any atom is -0.379 e. The summed E-state index contributed by atoms with van der Waals surface area (Å²) < 4.78 is 0. The van der Waals surface area contributed by atoms with Crippen LogP contribution in [0.25, 0.3) is 0 Å². The van der Waals surface area contributed by atoms with Crippen LogP contribution >= 0.6 is 0 Å². The van der Waals surface area contributed by atoms with Crippen LogP contribution in [0.15, 0.2) is 0 Å². The van der Waals surface area contributed by atoms with Gasteiger partial charge in [-0.2, -0.15) is 4.89 Å². The Kier molecular flexibility index (Phi) is 5.66. The predicted molar refractivity (Wildman–Crippen MR) is 47.9 cm³/mol. The SMILES string of the molecule is CCCCCOOC(=O)C(C)(C)O. The van der Waals surface area contributed by atoms with Gasteiger partial charge in [0.05, 0.1) is 6.61 Å². The van der Waals surface area contributed by atoms with Gasteiger partial charge in [0.1, 0.15) is 0 Å². The summed E-state index contributed by atoms with van der Waals surface area (Å²) in [7, 11) is 0. The van der Waals surface area contributed by atoms with Gasteiger partial charge < -0.3 is 5.11 Å². The smallest absolute Gasteiger partial charge is 0.372 e. The number of carbonyl (C=O) groups excluding carboxylic acids is 1. The molecule has 1 N–H and O–H groups in total. The van der Waals surface area contributed by atoms with Gasteiger partial charge in [-0.1, -0.05) is 19.8 Å². The molecule has 0 aliphatic rings. The van der Waals surface area contributed by atoms with Gasteiger partial charge in [0.15, 0.2) is 5.60 Å². The number of hydrogen-bond acceptors (Lipinski definition) is 4. The molecule has 4 heteroatoms. The van der Waals surface area contributed by atoms with E-state index in [1.54, 1.807) is 0 Å². The van der Waals surface area contributed by atoms with E-state index in [-0.39, 0.29) is 0 Å². The molecule has 0 saturated heterocycles. The zero-order valence-corrected chi connectivity index (χ0v) is 8.50. The molecule has 0 radical (unpaired) electrons. The summed E-state index contributed by atoms with van der Waals surface area (Å²) in [6.45, 7) is 5.16. The van der Waals surface area contributed by atoms with Crippen molar-refractivity contribution in [2.45, 2.75) is 45.6 Å². The topological polar surface area (TPSA) is 55.8 Å². The molecule has 0 saturated carbocycles. The fourth-order valence-corrected chi connectivity index (χ4v) is 0.608. The summed E-state index contributed by atoms with van der Waals surface area (Å²) in [5.74, 6) is -0.760. The Morgan fingerprint density at radius 2 is 2.00 bits per heavy atom. The van der Waals surface area contributed by atoms with Crippen LogP contribution in [0.1, 0.15) is 40.0 Å². The summed E-state index contributed by atoms with van der Waals surface area (Å²) >= 11 is 0. The molecule has 0 aliphatic carbocycles. The quantitative estimate of drug-likeness (QED) is 0.391. The standard InChI is InChI=1S/C9H18O4/c1-4-5-6-7-12-13-8(10)9(2,3)11/h11H,4-7H2,1-3H3. The van der Waals surface area contributed by atoms with Crippen molar-refractivity contribution >= 4 is 5.97 Å². The Hall–Kier alpha value is -0.610. The highest BCUT2D eigenvalue weighted by molar-refractivity contribution is 5.77. The molecule has 0 aromatic carbocycles. The van der Waals surface area contributed by atoms with Crippen LogP contribution in [-0.2, 0) is 14.6 Å². The highest BCUT2D eigenvalue weighted by atomic mass is 17.2. The highest BCUT2D eigenvalue weighted by Crippen LogP contribution is 2.04. The molecular weight excluding hydrogens is 172 g/mol. The van der Waals surface area contributed by atoms with Gasteiger partial charge in [0.25, 0.3) is 0 Å². The normalized spacial score (nSPS) is 11.4. The van der Waals surface area contributed by atoms with Crippen LogP contribution in [0.4, 0.5) is 0 Å². The first-order chi connectivity index (χ1) is 5.98. The fourth-order valence-electron chi connectivity index (χ4n) is 0.608. The first kappa shape index (κ1) is 12.4. The van der Waals surface area contributed by atoms with E-state index >= 15 is 0 Å². The van der Waals surface area contributed by atoms with Crippen LogP contribution in [0.5, 0.6) is 0 Å². The van der Waals surface area contributed by atoms with Crippen molar-refractivity contribution in [3.63, 3.8) is 0 Å². The number of rotatable bonds is 6. The van der Waals surface area contributed by atoms with E-state index in [2.05, 4.69) is 16.7 Å². The van der Waals surface area contributed by atoms with E-state index in [1.165, 1.54) is 13.8 Å². The lowest BCUT2D eigenvalue weighted by molar-refractivity contribution is -0.283. The average molecular weight is 190 g/mol. The Balaban J connectivity index is 3.38. The van der Waals surface area contributed by atoms with Crippen molar-refractivity contribution in [3.8, 4) is 0 Å². The lowest BCUT2D eigenvalue weighted by atomic mass is 10.1. The second-order valence-electron chi connectivity index (χ2n) is 3.46. The lowest BCUT2D eigenvalue weighted by Gasteiger charge is -2.13. The summed E-state index contributed by atoms with van der Waals surface area (Å²) in [5, 5.41) is 9.13. The predicted octanol–water partition coefficient (Wildman–Crippen LogP) is 1.42. The maximum atomic E-state index is 10.9. The van der Waals surface area contributed by atoms with E-state index in [9.17, 15) is 4.79 Å². The number of unbranched alkanes of at least 4 members (excludes halogenated alkanes) is 2. The maximum Gasteiger partial charge on any atom is 0.372 e. The van der Waals surface area contributed by atoms with E-state index in [4.69, 9.17) is 5.11 Å². The Morgan fingerprint density at radius 1 is 1.38 bits per heavy atom. The minimum absolute atomic E-state index is 0.385. The zero-order chi connectivity index (χ0) is 10.3. The molecular formula is C9H18O4. The van der Waals surface area contributed by atoms with Crippen molar-refractivity contribution < 1.29 is 19.7 Å². The maximum absolute atomic E-state index is 10.9. The second kappa shape index (κ2) is 5.94. The molecule has 78 valence electrons. The molecule has 0 atom stereocenters. The van der Waals surface area contributed by atoms with Crippen LogP contribution in [-0.4, -0.2) is 23.3 Å². The summed E-state index contributed by atoms with van der Waals surface area (Å²) in [4.78, 5) is 19.9. The first-order valence-corrected chi connectivity index (χ1v) is 4.54. The molecule has 0 fully saturated rings. The molecule has 13 heavy (non-hydrogen) atoms. The molecule has 4 nitrogen and oxygen atoms in total. The van der Waals surface area contributed by atoms with Crippen molar-refractivity contribution in [2.75, 3.05) is 6.61 Å². The van der Waals surface area contributed by atoms with Crippen molar-refractivity contribution in [2.24, 2.45) is 0 Å². The molecule has 0 aromatic rings. The van der Waals surface area contributed by atoms with E-state index in [0.29, 0.717) is 6.61 Å². The third-order valence-corrected chi connectivity index (χ3v) is 1.47. The van der Waals surface area contributed by atoms with E-state index < -0.39 is 11.6 Å². The van der Waals surface area contributed by atoms with Gasteiger partial charge in [-0.3, -0.25) is 4.89 Å². The summed E-state index contributed by atoms with van der Waals surface area (Å²) in [5.41, 5.74) is -1.48. The molecule has 0 amide bonds. The van der Waals surface area contributed by atoms with Crippen molar-refractivity contribution in [1.29, 1.82) is 0 Å². The lowest BCUT2D eigenvalue weighted by Crippen LogP contribution is -2.33. The molecule has 0 unspecified atom stereocenters. The van der Waals surface area contributed by atoms with Gasteiger partial charge in [0.2, 0.25) is 0 Å². The highest BCUT2D eigenvalue weighted by Gasteiger charge is 2.26. The first-order valence-electron chi connectivity index (χ1n) is 4.54. The third kappa shape index (κ3) is 6.54. The van der Waals surface area contributed by atoms with Gasteiger partial charge in [-0.25, -0.2) is 4.79 Å².